The van der Waals surface area contributed by atoms with Gasteiger partial charge in [-0.05, 0) is 121 Å². The lowest BCUT2D eigenvalue weighted by Crippen LogP contribution is -2.13. The second-order valence-electron chi connectivity index (χ2n) is 12.7. The van der Waals surface area contributed by atoms with Crippen LogP contribution in [0.2, 0.25) is 0 Å². The number of unbranched alkanes of at least 4 members (excludes halogenated alkanes) is 1. The largest absolute Gasteiger partial charge is 0.423 e. The molecule has 0 amide bonds. The van der Waals surface area contributed by atoms with E-state index >= 15 is 0 Å². The van der Waals surface area contributed by atoms with Crippen LogP contribution in [-0.2, 0) is 12.8 Å². The molecule has 5 aromatic carbocycles. The first-order valence-corrected chi connectivity index (χ1v) is 18.1. The second-order valence-corrected chi connectivity index (χ2v) is 12.7. The molecule has 0 radical (unpaired) electrons. The molecule has 54 heavy (non-hydrogen) atoms. The van der Waals surface area contributed by atoms with Crippen LogP contribution in [0.1, 0.15) is 116 Å². The smallest absolute Gasteiger partial charge is 0.343 e. The third-order valence-corrected chi connectivity index (χ3v) is 8.48. The summed E-state index contributed by atoms with van der Waals surface area (Å²) in [5.41, 5.74) is 3.54. The molecule has 0 aliphatic carbocycles. The highest BCUT2D eigenvalue weighted by atomic mass is 16.5. The van der Waals surface area contributed by atoms with E-state index < -0.39 is 23.9 Å². The van der Waals surface area contributed by atoms with Crippen molar-refractivity contribution in [1.82, 2.24) is 0 Å². The highest BCUT2D eigenvalue weighted by molar-refractivity contribution is 6.01. The van der Waals surface area contributed by atoms with Crippen molar-refractivity contribution in [3.05, 3.63) is 154 Å². The quantitative estimate of drug-likeness (QED) is 0.0555. The van der Waals surface area contributed by atoms with E-state index in [2.05, 4.69) is 13.8 Å². The number of esters is 4. The summed E-state index contributed by atoms with van der Waals surface area (Å²) < 4.78 is 22.1. The molecular formula is C45H42O9. The van der Waals surface area contributed by atoms with Gasteiger partial charge in [-0.1, -0.05) is 64.3 Å². The second kappa shape index (κ2) is 18.9. The normalized spacial score (nSPS) is 10.6. The van der Waals surface area contributed by atoms with Crippen LogP contribution in [0, 0.1) is 0 Å². The fourth-order valence-electron chi connectivity index (χ4n) is 5.52. The molecule has 0 aromatic heterocycles. The molecule has 0 fully saturated rings. The van der Waals surface area contributed by atoms with Crippen molar-refractivity contribution in [2.45, 2.75) is 65.7 Å². The number of rotatable bonds is 16. The van der Waals surface area contributed by atoms with Crippen LogP contribution in [0.5, 0.6) is 23.0 Å². The number of ether oxygens (including phenoxy) is 4. The van der Waals surface area contributed by atoms with E-state index in [9.17, 15) is 24.0 Å². The summed E-state index contributed by atoms with van der Waals surface area (Å²) in [6.45, 7) is 6.13. The predicted molar refractivity (Wildman–Crippen MR) is 204 cm³/mol. The number of ketones is 1. The number of carbonyl (C=O) groups is 5. The minimum atomic E-state index is -0.733. The Morgan fingerprint density at radius 1 is 0.426 bits per heavy atom. The first kappa shape index (κ1) is 38.9. The number of benzene rings is 5. The minimum Gasteiger partial charge on any atom is -0.423 e. The van der Waals surface area contributed by atoms with Crippen LogP contribution in [0.15, 0.2) is 115 Å². The van der Waals surface area contributed by atoms with Gasteiger partial charge in [0.05, 0.1) is 27.8 Å². The van der Waals surface area contributed by atoms with Crippen molar-refractivity contribution in [3.63, 3.8) is 0 Å². The zero-order valence-electron chi connectivity index (χ0n) is 30.6. The molecule has 276 valence electrons. The summed E-state index contributed by atoms with van der Waals surface area (Å²) in [7, 11) is 0. The monoisotopic (exact) mass is 726 g/mol. The molecule has 0 heterocycles. The SMILES string of the molecule is CCCCC(=O)c1cc(OC(=O)c2ccc(OC(=O)c3ccc(CCC)cc3)cc2)ccc1OC(=O)c1ccc(OC(=O)c2ccc(CCC)cc2)cc1. The number of hydrogen-bond acceptors (Lipinski definition) is 9. The molecule has 0 N–H and O–H groups in total. The van der Waals surface area contributed by atoms with Gasteiger partial charge in [-0.2, -0.15) is 0 Å². The van der Waals surface area contributed by atoms with E-state index in [0.29, 0.717) is 17.5 Å². The van der Waals surface area contributed by atoms with Gasteiger partial charge in [0.1, 0.15) is 23.0 Å². The molecule has 0 aliphatic heterocycles. The summed E-state index contributed by atoms with van der Waals surface area (Å²) >= 11 is 0. The summed E-state index contributed by atoms with van der Waals surface area (Å²) in [5, 5.41) is 0. The highest BCUT2D eigenvalue weighted by Crippen LogP contribution is 2.28. The van der Waals surface area contributed by atoms with Gasteiger partial charge < -0.3 is 18.9 Å². The number of aryl methyl sites for hydroxylation is 2. The molecule has 9 heteroatoms. The maximum Gasteiger partial charge on any atom is 0.343 e. The van der Waals surface area contributed by atoms with Crippen LogP contribution < -0.4 is 18.9 Å². The molecule has 0 saturated carbocycles. The molecule has 0 atom stereocenters. The van der Waals surface area contributed by atoms with Crippen molar-refractivity contribution in [2.75, 3.05) is 0 Å². The van der Waals surface area contributed by atoms with Crippen molar-refractivity contribution < 1.29 is 42.9 Å². The van der Waals surface area contributed by atoms with Crippen molar-refractivity contribution in [1.29, 1.82) is 0 Å². The average molecular weight is 727 g/mol. The first-order chi connectivity index (χ1) is 26.2. The lowest BCUT2D eigenvalue weighted by atomic mass is 10.0. The summed E-state index contributed by atoms with van der Waals surface area (Å²) in [4.78, 5) is 64.6. The van der Waals surface area contributed by atoms with Gasteiger partial charge in [-0.25, -0.2) is 19.2 Å². The fourth-order valence-corrected chi connectivity index (χ4v) is 5.52. The van der Waals surface area contributed by atoms with E-state index in [-0.39, 0.29) is 51.9 Å². The maximum atomic E-state index is 13.2. The maximum absolute atomic E-state index is 13.2. The fraction of sp³-hybridized carbons (Fsp3) is 0.222. The van der Waals surface area contributed by atoms with Gasteiger partial charge in [-0.3, -0.25) is 4.79 Å². The van der Waals surface area contributed by atoms with Crippen molar-refractivity contribution in [3.8, 4) is 23.0 Å². The third-order valence-electron chi connectivity index (χ3n) is 8.48. The van der Waals surface area contributed by atoms with Gasteiger partial charge in [0, 0.05) is 6.42 Å². The third kappa shape index (κ3) is 10.6. The Bertz CT molecular complexity index is 2080. The Morgan fingerprint density at radius 2 is 0.796 bits per heavy atom. The predicted octanol–water partition coefficient (Wildman–Crippen LogP) is 9.84. The van der Waals surface area contributed by atoms with Gasteiger partial charge in [-0.15, -0.1) is 0 Å². The standard InChI is InChI=1S/C45H42O9/c1-4-7-10-40(46)39-29-38(53-44(49)34-19-23-36(24-20-34)51-42(47)32-15-11-30(8-5-2)12-16-32)27-28-41(39)54-45(50)35-21-25-37(26-22-35)52-43(48)33-17-13-31(9-6-3)14-18-33/h11-29H,4-10H2,1-3H3. The van der Waals surface area contributed by atoms with Crippen LogP contribution in [0.4, 0.5) is 0 Å². The van der Waals surface area contributed by atoms with Crippen LogP contribution in [0.25, 0.3) is 0 Å². The summed E-state index contributed by atoms with van der Waals surface area (Å²) in [6, 6.07) is 30.5. The first-order valence-electron chi connectivity index (χ1n) is 18.1. The molecule has 9 nitrogen and oxygen atoms in total. The van der Waals surface area contributed by atoms with Gasteiger partial charge in [0.25, 0.3) is 0 Å². The molecule has 0 bridgehead atoms. The Kier molecular flexibility index (Phi) is 13.6. The van der Waals surface area contributed by atoms with E-state index in [1.54, 1.807) is 24.3 Å². The van der Waals surface area contributed by atoms with Crippen LogP contribution >= 0.6 is 0 Å². The molecule has 0 unspecified atom stereocenters. The molecule has 0 aliphatic rings. The van der Waals surface area contributed by atoms with Crippen molar-refractivity contribution >= 4 is 29.7 Å². The van der Waals surface area contributed by atoms with Crippen LogP contribution in [-0.4, -0.2) is 29.7 Å². The Labute approximate surface area is 314 Å². The Balaban J connectivity index is 1.22. The summed E-state index contributed by atoms with van der Waals surface area (Å²) in [6.07, 6.45) is 5.44. The van der Waals surface area contributed by atoms with E-state index in [0.717, 1.165) is 43.2 Å². The van der Waals surface area contributed by atoms with E-state index in [4.69, 9.17) is 18.9 Å². The molecule has 5 aromatic rings. The Morgan fingerprint density at radius 3 is 1.20 bits per heavy atom. The zero-order chi connectivity index (χ0) is 38.5. The van der Waals surface area contributed by atoms with Gasteiger partial charge in [0.2, 0.25) is 0 Å². The van der Waals surface area contributed by atoms with Crippen LogP contribution in [0.3, 0.4) is 0 Å². The van der Waals surface area contributed by atoms with Gasteiger partial charge >= 0.3 is 23.9 Å². The Hall–Kier alpha value is -6.35. The zero-order valence-corrected chi connectivity index (χ0v) is 30.6. The summed E-state index contributed by atoms with van der Waals surface area (Å²) in [5.74, 6) is -2.17. The molecule has 5 rings (SSSR count). The van der Waals surface area contributed by atoms with Crippen molar-refractivity contribution in [2.24, 2.45) is 0 Å². The topological polar surface area (TPSA) is 122 Å². The molecule has 0 spiro atoms. The average Bonchev–Trinajstić information content (AvgIpc) is 3.18. The van der Waals surface area contributed by atoms with E-state index in [1.165, 1.54) is 66.7 Å². The minimum absolute atomic E-state index is 0.00842. The van der Waals surface area contributed by atoms with Gasteiger partial charge in [0.15, 0.2) is 5.78 Å². The number of Topliss-reactive ketones (excluding diaryl/α,β-unsaturated/α-hetero) is 1. The number of carbonyl (C=O) groups excluding carboxylic acids is 5. The number of hydrogen-bond donors (Lipinski definition) is 0. The lowest BCUT2D eigenvalue weighted by molar-refractivity contribution is 0.0713. The molecular weight excluding hydrogens is 684 g/mol. The lowest BCUT2D eigenvalue weighted by Gasteiger charge is -2.12. The highest BCUT2D eigenvalue weighted by Gasteiger charge is 2.20. The van der Waals surface area contributed by atoms with E-state index in [1.807, 2.05) is 31.2 Å². The molecule has 0 saturated heterocycles.